The minimum Gasteiger partial charge on any atom is -0.388 e. The van der Waals surface area contributed by atoms with E-state index in [1.807, 2.05) is 6.07 Å². The minimum atomic E-state index is -3.26. The fourth-order valence-electron chi connectivity index (χ4n) is 2.15. The molecule has 1 N–H and O–H groups in total. The van der Waals surface area contributed by atoms with Gasteiger partial charge in [0.2, 0.25) is 10.0 Å². The first-order valence-corrected chi connectivity index (χ1v) is 7.44. The molecule has 0 bridgehead atoms. The number of benzene rings is 1. The molecule has 1 aromatic carbocycles. The first kappa shape index (κ1) is 12.4. The summed E-state index contributed by atoms with van der Waals surface area (Å²) in [6.07, 6.45) is 0.713. The van der Waals surface area contributed by atoms with Gasteiger partial charge in [-0.25, -0.2) is 8.42 Å². The Labute approximate surface area is 102 Å². The highest BCUT2D eigenvalue weighted by Gasteiger charge is 2.27. The number of hydrogen-bond acceptors (Lipinski definition) is 3. The monoisotopic (exact) mass is 255 g/mol. The molecule has 1 heterocycles. The molecule has 0 saturated heterocycles. The highest BCUT2D eigenvalue weighted by Crippen LogP contribution is 2.34. The third-order valence-electron chi connectivity index (χ3n) is 3.10. The summed E-state index contributed by atoms with van der Waals surface area (Å²) in [6.45, 7) is 2.09. The summed E-state index contributed by atoms with van der Waals surface area (Å²) in [5.41, 5.74) is 1.33. The fraction of sp³-hybridized carbons (Fsp3) is 0.500. The molecule has 1 aliphatic heterocycles. The Morgan fingerprint density at radius 2 is 2.12 bits per heavy atom. The predicted octanol–water partition coefficient (Wildman–Crippen LogP) is 1.67. The molecule has 0 fully saturated rings. The van der Waals surface area contributed by atoms with Crippen molar-refractivity contribution >= 4 is 15.7 Å². The van der Waals surface area contributed by atoms with Crippen LogP contribution >= 0.6 is 0 Å². The summed E-state index contributed by atoms with van der Waals surface area (Å²) in [4.78, 5) is 0. The van der Waals surface area contributed by atoms with Crippen molar-refractivity contribution in [2.24, 2.45) is 0 Å². The minimum absolute atomic E-state index is 0.0808. The van der Waals surface area contributed by atoms with Crippen LogP contribution in [-0.4, -0.2) is 25.8 Å². The molecule has 1 aliphatic rings. The number of rotatable bonds is 2. The topological polar surface area (TPSA) is 57.6 Å². The van der Waals surface area contributed by atoms with Crippen molar-refractivity contribution in [3.8, 4) is 0 Å². The third-order valence-corrected chi connectivity index (χ3v) is 4.88. The van der Waals surface area contributed by atoms with E-state index in [4.69, 9.17) is 0 Å². The molecule has 0 aromatic heterocycles. The number of hydrogen-bond donors (Lipinski definition) is 1. The molecule has 2 rings (SSSR count). The van der Waals surface area contributed by atoms with E-state index >= 15 is 0 Å². The van der Waals surface area contributed by atoms with Gasteiger partial charge in [-0.15, -0.1) is 0 Å². The van der Waals surface area contributed by atoms with Gasteiger partial charge in [-0.3, -0.25) is 4.31 Å². The van der Waals surface area contributed by atoms with Gasteiger partial charge in [0.1, 0.15) is 0 Å². The van der Waals surface area contributed by atoms with Crippen LogP contribution in [0.3, 0.4) is 0 Å². The second-order valence-electron chi connectivity index (χ2n) is 4.19. The maximum absolute atomic E-state index is 12.0. The smallest absolute Gasteiger partial charge is 0.234 e. The lowest BCUT2D eigenvalue weighted by Crippen LogP contribution is -2.33. The maximum atomic E-state index is 12.0. The lowest BCUT2D eigenvalue weighted by atomic mass is 10.1. The van der Waals surface area contributed by atoms with Gasteiger partial charge in [0.05, 0.1) is 17.5 Å². The summed E-state index contributed by atoms with van der Waals surface area (Å²) in [5.74, 6) is 0.0808. The van der Waals surface area contributed by atoms with Crippen LogP contribution in [0.15, 0.2) is 24.3 Å². The van der Waals surface area contributed by atoms with E-state index in [0.717, 1.165) is 0 Å². The van der Waals surface area contributed by atoms with Gasteiger partial charge in [0.15, 0.2) is 0 Å². The van der Waals surface area contributed by atoms with E-state index in [9.17, 15) is 13.5 Å². The van der Waals surface area contributed by atoms with Crippen molar-refractivity contribution in [3.05, 3.63) is 29.8 Å². The molecule has 94 valence electrons. The van der Waals surface area contributed by atoms with Gasteiger partial charge in [0.25, 0.3) is 0 Å². The number of aliphatic hydroxyl groups is 1. The molecule has 4 nitrogen and oxygen atoms in total. The molecular formula is C12H17NO3S. The Bertz CT molecular complexity index is 498. The van der Waals surface area contributed by atoms with E-state index in [1.165, 1.54) is 4.31 Å². The molecule has 0 amide bonds. The average molecular weight is 255 g/mol. The van der Waals surface area contributed by atoms with Crippen molar-refractivity contribution < 1.29 is 13.5 Å². The van der Waals surface area contributed by atoms with Gasteiger partial charge < -0.3 is 5.11 Å². The third kappa shape index (κ3) is 2.30. The van der Waals surface area contributed by atoms with Crippen molar-refractivity contribution in [2.75, 3.05) is 16.6 Å². The van der Waals surface area contributed by atoms with E-state index in [2.05, 4.69) is 0 Å². The number of fused-ring (bicyclic) bond motifs is 1. The zero-order valence-electron chi connectivity index (χ0n) is 9.83. The lowest BCUT2D eigenvalue weighted by Gasteiger charge is -2.24. The van der Waals surface area contributed by atoms with Gasteiger partial charge in [-0.1, -0.05) is 18.2 Å². The second kappa shape index (κ2) is 4.66. The molecule has 1 unspecified atom stereocenters. The van der Waals surface area contributed by atoms with Crippen LogP contribution in [0.2, 0.25) is 0 Å². The number of aliphatic hydroxyl groups excluding tert-OH is 1. The first-order chi connectivity index (χ1) is 8.06. The average Bonchev–Trinajstić information content (AvgIpc) is 2.50. The molecule has 0 radical (unpaired) electrons. The van der Waals surface area contributed by atoms with Gasteiger partial charge in [0, 0.05) is 12.1 Å². The summed E-state index contributed by atoms with van der Waals surface area (Å²) < 4.78 is 25.5. The molecular weight excluding hydrogens is 238 g/mol. The molecule has 5 heteroatoms. The molecule has 0 spiro atoms. The van der Waals surface area contributed by atoms with Crippen LogP contribution in [0.5, 0.6) is 0 Å². The maximum Gasteiger partial charge on any atom is 0.234 e. The van der Waals surface area contributed by atoms with Crippen molar-refractivity contribution in [2.45, 2.75) is 25.9 Å². The summed E-state index contributed by atoms with van der Waals surface area (Å²) in [6, 6.07) is 7.18. The first-order valence-electron chi connectivity index (χ1n) is 5.83. The van der Waals surface area contributed by atoms with Crippen LogP contribution in [0.25, 0.3) is 0 Å². The zero-order chi connectivity index (χ0) is 12.5. The van der Waals surface area contributed by atoms with E-state index in [0.29, 0.717) is 30.6 Å². The predicted molar refractivity (Wildman–Crippen MR) is 67.4 cm³/mol. The Balaban J connectivity index is 2.53. The van der Waals surface area contributed by atoms with E-state index < -0.39 is 16.1 Å². The summed E-state index contributed by atoms with van der Waals surface area (Å²) in [5, 5.41) is 9.98. The van der Waals surface area contributed by atoms with Crippen molar-refractivity contribution in [1.29, 1.82) is 0 Å². The standard InChI is InChI=1S/C12H17NO3S/c1-2-17(15,16)13-9-5-8-12(14)10-6-3-4-7-11(10)13/h3-4,6-7,12,14H,2,5,8-9H2,1H3. The highest BCUT2D eigenvalue weighted by molar-refractivity contribution is 7.92. The van der Waals surface area contributed by atoms with Gasteiger partial charge in [-0.2, -0.15) is 0 Å². The molecule has 1 aromatic rings. The van der Waals surface area contributed by atoms with Gasteiger partial charge >= 0.3 is 0 Å². The van der Waals surface area contributed by atoms with Crippen LogP contribution in [0.4, 0.5) is 5.69 Å². The molecule has 0 saturated carbocycles. The zero-order valence-corrected chi connectivity index (χ0v) is 10.7. The summed E-state index contributed by atoms with van der Waals surface area (Å²) >= 11 is 0. The fourth-order valence-corrected chi connectivity index (χ4v) is 3.33. The Morgan fingerprint density at radius 1 is 1.41 bits per heavy atom. The largest absolute Gasteiger partial charge is 0.388 e. The van der Waals surface area contributed by atoms with Crippen molar-refractivity contribution in [3.63, 3.8) is 0 Å². The molecule has 1 atom stereocenters. The van der Waals surface area contributed by atoms with Crippen LogP contribution < -0.4 is 4.31 Å². The van der Waals surface area contributed by atoms with E-state index in [-0.39, 0.29) is 5.75 Å². The number of para-hydroxylation sites is 1. The van der Waals surface area contributed by atoms with E-state index in [1.54, 1.807) is 25.1 Å². The SMILES string of the molecule is CCS(=O)(=O)N1CCCC(O)c2ccccc21. The van der Waals surface area contributed by atoms with Gasteiger partial charge in [-0.05, 0) is 25.8 Å². The second-order valence-corrected chi connectivity index (χ2v) is 6.37. The Morgan fingerprint density at radius 3 is 2.82 bits per heavy atom. The van der Waals surface area contributed by atoms with Crippen LogP contribution in [0, 0.1) is 0 Å². The number of anilines is 1. The summed E-state index contributed by atoms with van der Waals surface area (Å²) in [7, 11) is -3.26. The number of nitrogens with zero attached hydrogens (tertiary/aromatic N) is 1. The Kier molecular flexibility index (Phi) is 3.40. The Hall–Kier alpha value is -1.07. The molecule has 17 heavy (non-hydrogen) atoms. The number of sulfonamides is 1. The van der Waals surface area contributed by atoms with Crippen LogP contribution in [0.1, 0.15) is 31.4 Å². The normalized spacial score (nSPS) is 20.8. The van der Waals surface area contributed by atoms with Crippen molar-refractivity contribution in [1.82, 2.24) is 0 Å². The lowest BCUT2D eigenvalue weighted by molar-refractivity contribution is 0.168. The van der Waals surface area contributed by atoms with Crippen LogP contribution in [-0.2, 0) is 10.0 Å². The molecule has 0 aliphatic carbocycles. The highest BCUT2D eigenvalue weighted by atomic mass is 32.2. The quantitative estimate of drug-likeness (QED) is 0.874.